The van der Waals surface area contributed by atoms with Gasteiger partial charge in [-0.1, -0.05) is 6.07 Å². The van der Waals surface area contributed by atoms with Crippen molar-refractivity contribution in [3.8, 4) is 28.8 Å². The van der Waals surface area contributed by atoms with Crippen molar-refractivity contribution in [2.24, 2.45) is 0 Å². The third-order valence-corrected chi connectivity index (χ3v) is 6.64. The molecule has 184 valence electrons. The second-order valence-electron chi connectivity index (χ2n) is 8.38. The number of ether oxygens (including phenoxy) is 3. The number of methoxy groups -OCH3 is 1. The smallest absolute Gasteiger partial charge is 0.416 e. The van der Waals surface area contributed by atoms with E-state index in [0.29, 0.717) is 35.8 Å². The number of rotatable bonds is 3. The molecule has 8 nitrogen and oxygen atoms in total. The highest BCUT2D eigenvalue weighted by Crippen LogP contribution is 2.48. The molecule has 2 atom stereocenters. The lowest BCUT2D eigenvalue weighted by molar-refractivity contribution is -0.908. The van der Waals surface area contributed by atoms with Crippen LogP contribution in [-0.2, 0) is 12.6 Å². The number of halogens is 3. The maximum absolute atomic E-state index is 13.3. The van der Waals surface area contributed by atoms with E-state index < -0.39 is 29.2 Å². The van der Waals surface area contributed by atoms with Gasteiger partial charge in [-0.3, -0.25) is 14.3 Å². The van der Waals surface area contributed by atoms with E-state index >= 15 is 0 Å². The summed E-state index contributed by atoms with van der Waals surface area (Å²) in [5, 5.41) is 11.3. The Bertz CT molecular complexity index is 1450. The molecule has 0 fully saturated rings. The van der Waals surface area contributed by atoms with Gasteiger partial charge in [0.2, 0.25) is 18.4 Å². The Morgan fingerprint density at radius 3 is 2.74 bits per heavy atom. The molecule has 3 aromatic rings. The quantitative estimate of drug-likeness (QED) is 0.472. The third kappa shape index (κ3) is 3.73. The summed E-state index contributed by atoms with van der Waals surface area (Å²) in [5.74, 6) is 0.755. The number of likely N-dealkylation sites (N-methyl/N-ethyl adjacent to an activating group) is 1. The Morgan fingerprint density at radius 2 is 2.03 bits per heavy atom. The van der Waals surface area contributed by atoms with Crippen molar-refractivity contribution >= 4 is 12.2 Å². The molecule has 2 aromatic carbocycles. The van der Waals surface area contributed by atoms with Crippen molar-refractivity contribution in [2.75, 3.05) is 27.5 Å². The van der Waals surface area contributed by atoms with Gasteiger partial charge in [0.15, 0.2) is 22.3 Å². The van der Waals surface area contributed by atoms with Crippen LogP contribution in [0.25, 0.3) is 5.69 Å². The first-order valence-electron chi connectivity index (χ1n) is 10.7. The first-order valence-corrected chi connectivity index (χ1v) is 11.1. The second kappa shape index (κ2) is 8.31. The first kappa shape index (κ1) is 23.2. The van der Waals surface area contributed by atoms with Crippen molar-refractivity contribution < 1.29 is 37.4 Å². The Labute approximate surface area is 202 Å². The summed E-state index contributed by atoms with van der Waals surface area (Å²) < 4.78 is 57.6. The molecule has 0 amide bonds. The van der Waals surface area contributed by atoms with Crippen LogP contribution in [-0.4, -0.2) is 42.2 Å². The monoisotopic (exact) mass is 508 g/mol. The lowest BCUT2D eigenvalue weighted by Gasteiger charge is -2.33. The van der Waals surface area contributed by atoms with E-state index in [1.54, 1.807) is 0 Å². The largest absolute Gasteiger partial charge is 0.494 e. The van der Waals surface area contributed by atoms with Gasteiger partial charge in [0.1, 0.15) is 5.56 Å². The third-order valence-electron chi connectivity index (χ3n) is 6.36. The Balaban J connectivity index is 1.76. The molecule has 0 saturated heterocycles. The normalized spacial score (nSPS) is 18.9. The molecule has 35 heavy (non-hydrogen) atoms. The maximum atomic E-state index is 13.3. The van der Waals surface area contributed by atoms with Crippen LogP contribution in [0.3, 0.4) is 0 Å². The van der Waals surface area contributed by atoms with E-state index in [0.717, 1.165) is 27.2 Å². The van der Waals surface area contributed by atoms with Gasteiger partial charge >= 0.3 is 6.18 Å². The van der Waals surface area contributed by atoms with Gasteiger partial charge in [-0.25, -0.2) is 0 Å². The van der Waals surface area contributed by atoms with Crippen LogP contribution in [0.4, 0.5) is 13.2 Å². The summed E-state index contributed by atoms with van der Waals surface area (Å²) in [6, 6.07) is 5.46. The van der Waals surface area contributed by atoms with Gasteiger partial charge in [0.25, 0.3) is 5.56 Å². The van der Waals surface area contributed by atoms with Gasteiger partial charge in [-0.2, -0.15) is 13.2 Å². The minimum absolute atomic E-state index is 0.0218. The Morgan fingerprint density at radius 1 is 1.26 bits per heavy atom. The molecule has 5 rings (SSSR count). The number of H-pyrrole nitrogens is 1. The van der Waals surface area contributed by atoms with Crippen LogP contribution in [0.2, 0.25) is 0 Å². The molecule has 3 N–H and O–H groups in total. The van der Waals surface area contributed by atoms with Gasteiger partial charge in [0.05, 0.1) is 37.5 Å². The standard InChI is InChI=1S/C23H20F3N3O5S/c1-28-7-6-11-8-14-18(34-10-33-14)19(32-2)15(11)17(28)16-20(30)27-22(35)29(21(16)31)13-5-3-4-12(9-13)23(24,25)26/h3-5,8-9,17,31H,6-7,10H2,1-2H3,(H,27,30,35)/p+1/t17-/m0/s1. The molecule has 12 heteroatoms. The lowest BCUT2D eigenvalue weighted by atomic mass is 9.87. The van der Waals surface area contributed by atoms with Crippen LogP contribution in [0, 0.1) is 4.77 Å². The average Bonchev–Trinajstić information content (AvgIpc) is 3.26. The Kier molecular flexibility index (Phi) is 5.52. The van der Waals surface area contributed by atoms with E-state index in [1.807, 2.05) is 13.1 Å². The van der Waals surface area contributed by atoms with Crippen molar-refractivity contribution in [1.82, 2.24) is 9.55 Å². The van der Waals surface area contributed by atoms with E-state index in [-0.39, 0.29) is 22.8 Å². The first-order chi connectivity index (χ1) is 16.6. The highest BCUT2D eigenvalue weighted by Gasteiger charge is 2.41. The fraction of sp³-hybridized carbons (Fsp3) is 0.304. The maximum Gasteiger partial charge on any atom is 0.416 e. The van der Waals surface area contributed by atoms with Crippen molar-refractivity contribution in [1.29, 1.82) is 0 Å². The number of benzene rings is 2. The summed E-state index contributed by atoms with van der Waals surface area (Å²) >= 11 is 5.23. The summed E-state index contributed by atoms with van der Waals surface area (Å²) in [6.45, 7) is 0.631. The molecule has 3 heterocycles. The summed E-state index contributed by atoms with van der Waals surface area (Å²) in [7, 11) is 3.32. The number of nitrogens with one attached hydrogen (secondary N) is 2. The van der Waals surface area contributed by atoms with Crippen LogP contribution < -0.4 is 24.7 Å². The van der Waals surface area contributed by atoms with Gasteiger partial charge in [-0.05, 0) is 42.0 Å². The van der Waals surface area contributed by atoms with Crippen molar-refractivity contribution in [3.05, 3.63) is 67.7 Å². The van der Waals surface area contributed by atoms with E-state index in [4.69, 9.17) is 26.4 Å². The zero-order chi connectivity index (χ0) is 25.1. The number of quaternary nitrogens is 1. The van der Waals surface area contributed by atoms with Crippen LogP contribution in [0.5, 0.6) is 23.1 Å². The van der Waals surface area contributed by atoms with Gasteiger partial charge in [0, 0.05) is 6.42 Å². The average molecular weight is 508 g/mol. The number of aromatic amines is 1. The molecular formula is C23H21F3N3O5S+. The minimum Gasteiger partial charge on any atom is -0.494 e. The second-order valence-corrected chi connectivity index (χ2v) is 8.76. The SMILES string of the molecule is COc1c2c(cc3c1[C@@H](c1c(O)n(-c4cccc(C(F)(F)F)c4)c(=S)[nH]c1=O)[NH+](C)CC3)OCO2. The molecule has 0 aliphatic carbocycles. The summed E-state index contributed by atoms with van der Waals surface area (Å²) in [4.78, 5) is 16.6. The molecule has 1 unspecified atom stereocenters. The number of nitrogens with zero attached hydrogens (tertiary/aromatic N) is 1. The number of hydrogen-bond donors (Lipinski definition) is 3. The van der Waals surface area contributed by atoms with Crippen molar-refractivity contribution in [2.45, 2.75) is 18.6 Å². The summed E-state index contributed by atoms with van der Waals surface area (Å²) in [5.41, 5.74) is -0.155. The van der Waals surface area contributed by atoms with E-state index in [9.17, 15) is 23.1 Å². The number of hydrogen-bond acceptors (Lipinski definition) is 6. The number of aromatic hydroxyl groups is 1. The molecule has 2 aliphatic rings. The molecule has 0 spiro atoms. The van der Waals surface area contributed by atoms with Gasteiger partial charge in [-0.15, -0.1) is 0 Å². The Hall–Kier alpha value is -3.51. The highest BCUT2D eigenvalue weighted by atomic mass is 32.1. The predicted octanol–water partition coefficient (Wildman–Crippen LogP) is 2.52. The number of fused-ring (bicyclic) bond motifs is 2. The van der Waals surface area contributed by atoms with Crippen LogP contribution in [0.15, 0.2) is 35.1 Å². The number of aromatic nitrogens is 2. The minimum atomic E-state index is -4.60. The fourth-order valence-corrected chi connectivity index (χ4v) is 5.06. The lowest BCUT2D eigenvalue weighted by Crippen LogP contribution is -3.10. The zero-order valence-electron chi connectivity index (χ0n) is 18.7. The highest BCUT2D eigenvalue weighted by molar-refractivity contribution is 7.71. The van der Waals surface area contributed by atoms with Crippen LogP contribution in [0.1, 0.15) is 28.3 Å². The zero-order valence-corrected chi connectivity index (χ0v) is 19.5. The predicted molar refractivity (Wildman–Crippen MR) is 120 cm³/mol. The molecular weight excluding hydrogens is 487 g/mol. The molecule has 0 saturated carbocycles. The molecule has 0 bridgehead atoms. The topological polar surface area (TPSA) is 90.2 Å². The molecule has 2 aliphatic heterocycles. The van der Waals surface area contributed by atoms with E-state index in [1.165, 1.54) is 19.2 Å². The molecule has 1 aromatic heterocycles. The van der Waals surface area contributed by atoms with E-state index in [2.05, 4.69) is 4.98 Å². The van der Waals surface area contributed by atoms with Gasteiger partial charge < -0.3 is 24.2 Å². The van der Waals surface area contributed by atoms with Crippen LogP contribution >= 0.6 is 12.2 Å². The summed E-state index contributed by atoms with van der Waals surface area (Å²) in [6.07, 6.45) is -3.95. The molecule has 0 radical (unpaired) electrons. The number of alkyl halides is 3. The van der Waals surface area contributed by atoms with Crippen molar-refractivity contribution in [3.63, 3.8) is 0 Å². The fourth-order valence-electron chi connectivity index (χ4n) is 4.78.